The van der Waals surface area contributed by atoms with Crippen molar-refractivity contribution in [2.24, 2.45) is 5.92 Å². The van der Waals surface area contributed by atoms with Gasteiger partial charge in [-0.05, 0) is 50.6 Å². The summed E-state index contributed by atoms with van der Waals surface area (Å²) in [4.78, 5) is 4.47. The second-order valence-electron chi connectivity index (χ2n) is 5.69. The summed E-state index contributed by atoms with van der Waals surface area (Å²) in [5, 5.41) is 3.41. The van der Waals surface area contributed by atoms with E-state index in [0.717, 1.165) is 24.5 Å². The number of para-hydroxylation sites is 1. The van der Waals surface area contributed by atoms with E-state index in [1.165, 1.54) is 12.8 Å². The normalized spacial score (nSPS) is 18.0. The summed E-state index contributed by atoms with van der Waals surface area (Å²) < 4.78 is 11.9. The van der Waals surface area contributed by atoms with Crippen molar-refractivity contribution in [3.05, 3.63) is 48.2 Å². The van der Waals surface area contributed by atoms with Crippen LogP contribution in [0.15, 0.2) is 42.5 Å². The van der Waals surface area contributed by atoms with Crippen LogP contribution in [0.3, 0.4) is 0 Å². The predicted octanol–water partition coefficient (Wildman–Crippen LogP) is 3.56. The van der Waals surface area contributed by atoms with Crippen molar-refractivity contribution in [3.8, 4) is 17.4 Å². The standard InChI is InChI=1S/C18H22N2O2/c1-14-9-10-17(21-13-15-6-5-11-19-12-15)18(20-14)22-16-7-3-2-4-8-16/h2-4,7-10,15,19H,5-6,11-13H2,1H3. The molecule has 2 heterocycles. The Labute approximate surface area is 131 Å². The molecule has 0 amide bonds. The fourth-order valence-corrected chi connectivity index (χ4v) is 2.58. The Morgan fingerprint density at radius 1 is 1.18 bits per heavy atom. The van der Waals surface area contributed by atoms with Crippen molar-refractivity contribution in [2.75, 3.05) is 19.7 Å². The lowest BCUT2D eigenvalue weighted by atomic mass is 10.0. The minimum atomic E-state index is 0.537. The van der Waals surface area contributed by atoms with Gasteiger partial charge in [0, 0.05) is 18.2 Å². The number of hydrogen-bond acceptors (Lipinski definition) is 4. The Morgan fingerprint density at radius 3 is 2.82 bits per heavy atom. The average molecular weight is 298 g/mol. The smallest absolute Gasteiger partial charge is 0.262 e. The molecule has 116 valence electrons. The fraction of sp³-hybridized carbons (Fsp3) is 0.389. The Kier molecular flexibility index (Phi) is 4.91. The van der Waals surface area contributed by atoms with Crippen LogP contribution in [0.1, 0.15) is 18.5 Å². The first kappa shape index (κ1) is 14.9. The molecular weight excluding hydrogens is 276 g/mol. The van der Waals surface area contributed by atoms with Gasteiger partial charge in [-0.1, -0.05) is 18.2 Å². The van der Waals surface area contributed by atoms with E-state index < -0.39 is 0 Å². The number of ether oxygens (including phenoxy) is 2. The van der Waals surface area contributed by atoms with Crippen molar-refractivity contribution < 1.29 is 9.47 Å². The molecule has 3 rings (SSSR count). The van der Waals surface area contributed by atoms with Gasteiger partial charge in [-0.15, -0.1) is 0 Å². The van der Waals surface area contributed by atoms with Crippen LogP contribution in [0.2, 0.25) is 0 Å². The van der Waals surface area contributed by atoms with Gasteiger partial charge in [-0.25, -0.2) is 4.98 Å². The molecule has 0 bridgehead atoms. The number of nitrogens with zero attached hydrogens (tertiary/aromatic N) is 1. The van der Waals surface area contributed by atoms with Crippen LogP contribution in [0.4, 0.5) is 0 Å². The lowest BCUT2D eigenvalue weighted by molar-refractivity contribution is 0.211. The minimum Gasteiger partial charge on any atom is -0.488 e. The molecule has 1 saturated heterocycles. The van der Waals surface area contributed by atoms with Crippen molar-refractivity contribution >= 4 is 0 Å². The Hall–Kier alpha value is -2.07. The number of rotatable bonds is 5. The number of hydrogen-bond donors (Lipinski definition) is 1. The number of aromatic nitrogens is 1. The van der Waals surface area contributed by atoms with Crippen molar-refractivity contribution in [3.63, 3.8) is 0 Å². The Morgan fingerprint density at radius 2 is 2.05 bits per heavy atom. The number of benzene rings is 1. The maximum Gasteiger partial charge on any atom is 0.262 e. The molecule has 1 aliphatic rings. The topological polar surface area (TPSA) is 43.4 Å². The third-order valence-corrected chi connectivity index (χ3v) is 3.80. The molecule has 4 heteroatoms. The van der Waals surface area contributed by atoms with Gasteiger partial charge < -0.3 is 14.8 Å². The van der Waals surface area contributed by atoms with Gasteiger partial charge in [-0.3, -0.25) is 0 Å². The molecule has 0 aliphatic carbocycles. The van der Waals surface area contributed by atoms with Gasteiger partial charge in [0.1, 0.15) is 5.75 Å². The van der Waals surface area contributed by atoms with Crippen LogP contribution < -0.4 is 14.8 Å². The first-order valence-corrected chi connectivity index (χ1v) is 7.85. The highest BCUT2D eigenvalue weighted by Crippen LogP contribution is 2.30. The predicted molar refractivity (Wildman–Crippen MR) is 86.6 cm³/mol. The summed E-state index contributed by atoms with van der Waals surface area (Å²) in [6.45, 7) is 4.79. The molecule has 1 unspecified atom stereocenters. The molecule has 2 aromatic rings. The van der Waals surface area contributed by atoms with Crippen LogP contribution in [0.25, 0.3) is 0 Å². The van der Waals surface area contributed by atoms with E-state index in [-0.39, 0.29) is 0 Å². The zero-order chi connectivity index (χ0) is 15.2. The largest absolute Gasteiger partial charge is 0.488 e. The second kappa shape index (κ2) is 7.27. The number of piperidine rings is 1. The van der Waals surface area contributed by atoms with Gasteiger partial charge in [0.2, 0.25) is 0 Å². The number of aryl methyl sites for hydroxylation is 1. The Bertz CT molecular complexity index is 595. The van der Waals surface area contributed by atoms with Crippen LogP contribution in [0, 0.1) is 12.8 Å². The lowest BCUT2D eigenvalue weighted by Gasteiger charge is -2.23. The molecule has 1 aliphatic heterocycles. The highest BCUT2D eigenvalue weighted by molar-refractivity contribution is 5.38. The minimum absolute atomic E-state index is 0.537. The second-order valence-corrected chi connectivity index (χ2v) is 5.69. The quantitative estimate of drug-likeness (QED) is 0.916. The lowest BCUT2D eigenvalue weighted by Crippen LogP contribution is -2.33. The molecule has 1 fully saturated rings. The van der Waals surface area contributed by atoms with Crippen molar-refractivity contribution in [1.82, 2.24) is 10.3 Å². The first-order chi connectivity index (χ1) is 10.8. The summed E-state index contributed by atoms with van der Waals surface area (Å²) in [6.07, 6.45) is 2.43. The van der Waals surface area contributed by atoms with E-state index in [2.05, 4.69) is 10.3 Å². The molecular formula is C18H22N2O2. The van der Waals surface area contributed by atoms with E-state index in [1.54, 1.807) is 0 Å². The highest BCUT2D eigenvalue weighted by Gasteiger charge is 2.15. The highest BCUT2D eigenvalue weighted by atomic mass is 16.5. The first-order valence-electron chi connectivity index (χ1n) is 7.85. The maximum atomic E-state index is 5.98. The van der Waals surface area contributed by atoms with Gasteiger partial charge >= 0.3 is 0 Å². The van der Waals surface area contributed by atoms with E-state index in [4.69, 9.17) is 9.47 Å². The molecule has 1 aromatic carbocycles. The van der Waals surface area contributed by atoms with Crippen LogP contribution >= 0.6 is 0 Å². The van der Waals surface area contributed by atoms with Gasteiger partial charge in [0.25, 0.3) is 5.88 Å². The van der Waals surface area contributed by atoms with Gasteiger partial charge in [-0.2, -0.15) is 0 Å². The number of nitrogens with one attached hydrogen (secondary N) is 1. The molecule has 0 radical (unpaired) electrons. The summed E-state index contributed by atoms with van der Waals surface area (Å²) in [6, 6.07) is 13.6. The molecule has 0 spiro atoms. The third kappa shape index (κ3) is 3.98. The molecule has 1 atom stereocenters. The van der Waals surface area contributed by atoms with E-state index >= 15 is 0 Å². The summed E-state index contributed by atoms with van der Waals surface area (Å²) in [5.74, 6) is 2.57. The monoisotopic (exact) mass is 298 g/mol. The summed E-state index contributed by atoms with van der Waals surface area (Å²) in [7, 11) is 0. The summed E-state index contributed by atoms with van der Waals surface area (Å²) >= 11 is 0. The van der Waals surface area contributed by atoms with Gasteiger partial charge in [0.15, 0.2) is 5.75 Å². The zero-order valence-corrected chi connectivity index (χ0v) is 12.9. The molecule has 22 heavy (non-hydrogen) atoms. The van der Waals surface area contributed by atoms with Crippen molar-refractivity contribution in [2.45, 2.75) is 19.8 Å². The molecule has 0 saturated carbocycles. The Balaban J connectivity index is 1.70. The molecule has 4 nitrogen and oxygen atoms in total. The SMILES string of the molecule is Cc1ccc(OCC2CCCNC2)c(Oc2ccccc2)n1. The van der Waals surface area contributed by atoms with Crippen molar-refractivity contribution in [1.29, 1.82) is 0 Å². The van der Waals surface area contributed by atoms with E-state index in [1.807, 2.05) is 49.4 Å². The van der Waals surface area contributed by atoms with Crippen LogP contribution in [0.5, 0.6) is 17.4 Å². The third-order valence-electron chi connectivity index (χ3n) is 3.80. The summed E-state index contributed by atoms with van der Waals surface area (Å²) in [5.41, 5.74) is 0.914. The van der Waals surface area contributed by atoms with E-state index in [0.29, 0.717) is 24.2 Å². The zero-order valence-electron chi connectivity index (χ0n) is 12.9. The van der Waals surface area contributed by atoms with Crippen LogP contribution in [-0.2, 0) is 0 Å². The van der Waals surface area contributed by atoms with Crippen LogP contribution in [-0.4, -0.2) is 24.7 Å². The maximum absolute atomic E-state index is 5.98. The molecule has 1 N–H and O–H groups in total. The number of pyridine rings is 1. The van der Waals surface area contributed by atoms with E-state index in [9.17, 15) is 0 Å². The molecule has 1 aromatic heterocycles. The fourth-order valence-electron chi connectivity index (χ4n) is 2.58. The average Bonchev–Trinajstić information content (AvgIpc) is 2.56. The van der Waals surface area contributed by atoms with Gasteiger partial charge in [0.05, 0.1) is 6.61 Å².